The van der Waals surface area contributed by atoms with Crippen molar-refractivity contribution in [1.82, 2.24) is 4.57 Å². The predicted octanol–water partition coefficient (Wildman–Crippen LogP) is 3.77. The maximum absolute atomic E-state index is 11.6. The van der Waals surface area contributed by atoms with Crippen molar-refractivity contribution in [3.05, 3.63) is 55.6 Å². The van der Waals surface area contributed by atoms with Crippen LogP contribution in [0.3, 0.4) is 0 Å². The van der Waals surface area contributed by atoms with Crippen LogP contribution in [-0.4, -0.2) is 10.3 Å². The Morgan fingerprint density at radius 2 is 2.05 bits per heavy atom. The van der Waals surface area contributed by atoms with Crippen molar-refractivity contribution in [2.75, 3.05) is 5.75 Å². The van der Waals surface area contributed by atoms with Gasteiger partial charge in [0.1, 0.15) is 0 Å². The van der Waals surface area contributed by atoms with E-state index < -0.39 is 0 Å². The van der Waals surface area contributed by atoms with E-state index in [0.717, 1.165) is 23.7 Å². The molecule has 2 aromatic rings. The van der Waals surface area contributed by atoms with Crippen molar-refractivity contribution in [2.45, 2.75) is 33.1 Å². The third kappa shape index (κ3) is 3.74. The molecule has 0 saturated heterocycles. The summed E-state index contributed by atoms with van der Waals surface area (Å²) in [6.45, 7) is 7.09. The van der Waals surface area contributed by atoms with E-state index in [1.54, 1.807) is 0 Å². The van der Waals surface area contributed by atoms with Crippen molar-refractivity contribution in [1.29, 1.82) is 0 Å². The molecule has 19 heavy (non-hydrogen) atoms. The lowest BCUT2D eigenvalue weighted by Gasteiger charge is -2.08. The van der Waals surface area contributed by atoms with Gasteiger partial charge in [0.2, 0.25) is 0 Å². The van der Waals surface area contributed by atoms with Crippen molar-refractivity contribution >= 4 is 23.1 Å². The first-order valence-corrected chi connectivity index (χ1v) is 8.40. The molecule has 0 fully saturated rings. The Morgan fingerprint density at radius 1 is 1.26 bits per heavy atom. The number of thioether (sulfide) groups is 1. The molecule has 0 N–H and O–H groups in total. The Kier molecular flexibility index (Phi) is 4.88. The third-order valence-corrected chi connectivity index (χ3v) is 5.07. The lowest BCUT2D eigenvalue weighted by molar-refractivity contribution is 0.731. The van der Waals surface area contributed by atoms with Gasteiger partial charge in [-0.2, -0.15) is 11.8 Å². The largest absolute Gasteiger partial charge is 0.307 e. The summed E-state index contributed by atoms with van der Waals surface area (Å²) in [4.78, 5) is 11.7. The number of hydrogen-bond acceptors (Lipinski definition) is 3. The molecule has 2 rings (SSSR count). The molecule has 0 radical (unpaired) electrons. The topological polar surface area (TPSA) is 22.0 Å². The normalized spacial score (nSPS) is 10.9. The summed E-state index contributed by atoms with van der Waals surface area (Å²) in [5.74, 6) is 2.00. The molecule has 1 heterocycles. The molecule has 0 atom stereocenters. The van der Waals surface area contributed by atoms with Crippen LogP contribution < -0.4 is 4.87 Å². The molecule has 2 nitrogen and oxygen atoms in total. The molecule has 0 aliphatic rings. The van der Waals surface area contributed by atoms with Gasteiger partial charge in [-0.3, -0.25) is 4.79 Å². The summed E-state index contributed by atoms with van der Waals surface area (Å²) in [5.41, 5.74) is 5.13. The predicted molar refractivity (Wildman–Crippen MR) is 85.4 cm³/mol. The minimum absolute atomic E-state index is 0.157. The van der Waals surface area contributed by atoms with Crippen LogP contribution in [0, 0.1) is 20.8 Å². The Bertz CT molecular complexity index is 613. The van der Waals surface area contributed by atoms with Gasteiger partial charge in [0.05, 0.1) is 0 Å². The maximum Gasteiger partial charge on any atom is 0.307 e. The maximum atomic E-state index is 11.6. The van der Waals surface area contributed by atoms with Crippen LogP contribution in [0.2, 0.25) is 0 Å². The minimum Gasteiger partial charge on any atom is -0.303 e. The average molecular weight is 293 g/mol. The first kappa shape index (κ1) is 14.4. The molecule has 0 amide bonds. The van der Waals surface area contributed by atoms with Gasteiger partial charge in [-0.15, -0.1) is 0 Å². The van der Waals surface area contributed by atoms with E-state index >= 15 is 0 Å². The minimum atomic E-state index is 0.157. The van der Waals surface area contributed by atoms with E-state index in [2.05, 4.69) is 32.0 Å². The number of hydrogen-bond donors (Lipinski definition) is 0. The van der Waals surface area contributed by atoms with Crippen LogP contribution >= 0.6 is 23.1 Å². The number of thiazole rings is 1. The fourth-order valence-electron chi connectivity index (χ4n) is 1.97. The van der Waals surface area contributed by atoms with E-state index in [9.17, 15) is 4.79 Å². The zero-order chi connectivity index (χ0) is 13.8. The molecule has 0 unspecified atom stereocenters. The molecule has 0 saturated carbocycles. The van der Waals surface area contributed by atoms with Crippen LogP contribution in [0.1, 0.15) is 22.4 Å². The van der Waals surface area contributed by atoms with Gasteiger partial charge in [0, 0.05) is 29.1 Å². The summed E-state index contributed by atoms with van der Waals surface area (Å²) >= 11 is 3.18. The first-order valence-electron chi connectivity index (χ1n) is 6.37. The molecular weight excluding hydrogens is 274 g/mol. The smallest absolute Gasteiger partial charge is 0.303 e. The highest BCUT2D eigenvalue weighted by atomic mass is 32.2. The lowest BCUT2D eigenvalue weighted by Crippen LogP contribution is -2.15. The average Bonchev–Trinajstić information content (AvgIpc) is 2.69. The number of benzene rings is 1. The third-order valence-electron chi connectivity index (χ3n) is 3.20. The Hall–Kier alpha value is -1.00. The fourth-order valence-corrected chi connectivity index (χ4v) is 3.72. The molecular formula is C15H19NOS2. The van der Waals surface area contributed by atoms with Crippen molar-refractivity contribution in [2.24, 2.45) is 0 Å². The highest BCUT2D eigenvalue weighted by Crippen LogP contribution is 2.18. The molecule has 4 heteroatoms. The molecule has 102 valence electrons. The van der Waals surface area contributed by atoms with Crippen LogP contribution in [0.4, 0.5) is 0 Å². The summed E-state index contributed by atoms with van der Waals surface area (Å²) in [6.07, 6.45) is 0. The van der Waals surface area contributed by atoms with Gasteiger partial charge < -0.3 is 4.57 Å². The van der Waals surface area contributed by atoms with Gasteiger partial charge in [0.15, 0.2) is 0 Å². The highest BCUT2D eigenvalue weighted by Gasteiger charge is 2.03. The second kappa shape index (κ2) is 6.44. The van der Waals surface area contributed by atoms with E-state index in [1.165, 1.54) is 28.0 Å². The number of aryl methyl sites for hydroxylation is 3. The summed E-state index contributed by atoms with van der Waals surface area (Å²) in [5, 5.41) is 1.93. The first-order chi connectivity index (χ1) is 9.08. The lowest BCUT2D eigenvalue weighted by atomic mass is 10.1. The van der Waals surface area contributed by atoms with Crippen molar-refractivity contribution < 1.29 is 0 Å². The molecule has 1 aromatic carbocycles. The summed E-state index contributed by atoms with van der Waals surface area (Å²) in [7, 11) is 0. The summed E-state index contributed by atoms with van der Waals surface area (Å²) < 4.78 is 1.86. The second-order valence-electron chi connectivity index (χ2n) is 4.78. The van der Waals surface area contributed by atoms with E-state index in [4.69, 9.17) is 0 Å². The zero-order valence-electron chi connectivity index (χ0n) is 11.6. The highest BCUT2D eigenvalue weighted by molar-refractivity contribution is 7.98. The molecule has 1 aromatic heterocycles. The number of aromatic nitrogens is 1. The second-order valence-corrected chi connectivity index (χ2v) is 6.70. The standard InChI is InChI=1S/C15H19NOS2/c1-11-4-5-12(2)14(8-11)10-18-7-6-16-13(3)9-19-15(16)17/h4-5,8-9H,6-7,10H2,1-3H3. The quantitative estimate of drug-likeness (QED) is 0.783. The van der Waals surface area contributed by atoms with Gasteiger partial charge >= 0.3 is 4.87 Å². The Morgan fingerprint density at radius 3 is 2.74 bits per heavy atom. The van der Waals surface area contributed by atoms with E-state index in [1.807, 2.05) is 28.6 Å². The molecule has 0 aliphatic heterocycles. The van der Waals surface area contributed by atoms with Crippen LogP contribution in [0.5, 0.6) is 0 Å². The molecule has 0 aliphatic carbocycles. The van der Waals surface area contributed by atoms with Gasteiger partial charge in [0.25, 0.3) is 0 Å². The van der Waals surface area contributed by atoms with Crippen LogP contribution in [0.25, 0.3) is 0 Å². The summed E-state index contributed by atoms with van der Waals surface area (Å²) in [6, 6.07) is 6.58. The Labute approximate surface area is 122 Å². The van der Waals surface area contributed by atoms with E-state index in [-0.39, 0.29) is 4.87 Å². The monoisotopic (exact) mass is 293 g/mol. The van der Waals surface area contributed by atoms with Crippen LogP contribution in [0.15, 0.2) is 28.4 Å². The SMILES string of the molecule is Cc1ccc(C)c(CSCCn2c(C)csc2=O)c1. The van der Waals surface area contributed by atoms with Gasteiger partial charge in [-0.1, -0.05) is 35.1 Å². The van der Waals surface area contributed by atoms with Gasteiger partial charge in [-0.05, 0) is 31.9 Å². The van der Waals surface area contributed by atoms with E-state index in [0.29, 0.717) is 0 Å². The zero-order valence-corrected chi connectivity index (χ0v) is 13.2. The molecule has 0 bridgehead atoms. The molecule has 0 spiro atoms. The Balaban J connectivity index is 1.87. The van der Waals surface area contributed by atoms with Crippen molar-refractivity contribution in [3.8, 4) is 0 Å². The van der Waals surface area contributed by atoms with Crippen LogP contribution in [-0.2, 0) is 12.3 Å². The number of rotatable bonds is 5. The van der Waals surface area contributed by atoms with Crippen molar-refractivity contribution in [3.63, 3.8) is 0 Å². The number of nitrogens with zero attached hydrogens (tertiary/aromatic N) is 1. The fraction of sp³-hybridized carbons (Fsp3) is 0.400. The van der Waals surface area contributed by atoms with Gasteiger partial charge in [-0.25, -0.2) is 0 Å².